The molecule has 105 valence electrons. The minimum Gasteiger partial charge on any atom is -0.372 e. The van der Waals surface area contributed by atoms with Crippen LogP contribution in [0.3, 0.4) is 0 Å². The maximum Gasteiger partial charge on any atom is 0.0840 e. The molecule has 2 atom stereocenters. The summed E-state index contributed by atoms with van der Waals surface area (Å²) in [6.45, 7) is 6.30. The second-order valence-corrected chi connectivity index (χ2v) is 5.89. The molecule has 0 N–H and O–H groups in total. The summed E-state index contributed by atoms with van der Waals surface area (Å²) in [5.74, 6) is 0. The van der Waals surface area contributed by atoms with Crippen LogP contribution in [0.25, 0.3) is 0 Å². The third kappa shape index (κ3) is 4.55. The molecule has 2 aliphatic rings. The highest BCUT2D eigenvalue weighted by Gasteiger charge is 2.31. The molecule has 2 rings (SSSR count). The Morgan fingerprint density at radius 1 is 0.944 bits per heavy atom. The highest BCUT2D eigenvalue weighted by atomic mass is 16.6. The molecule has 0 aromatic carbocycles. The summed E-state index contributed by atoms with van der Waals surface area (Å²) in [6.07, 6.45) is 13.6. The van der Waals surface area contributed by atoms with E-state index in [4.69, 9.17) is 9.47 Å². The quantitative estimate of drug-likeness (QED) is 0.643. The van der Waals surface area contributed by atoms with Crippen LogP contribution < -0.4 is 0 Å². The Bertz CT molecular complexity index is 219. The summed E-state index contributed by atoms with van der Waals surface area (Å²) in [5.41, 5.74) is 0. The molecule has 2 heteroatoms. The van der Waals surface area contributed by atoms with Gasteiger partial charge >= 0.3 is 0 Å². The Kier molecular flexibility index (Phi) is 5.97. The van der Waals surface area contributed by atoms with Crippen molar-refractivity contribution in [1.29, 1.82) is 0 Å². The van der Waals surface area contributed by atoms with Crippen molar-refractivity contribution in [3.63, 3.8) is 0 Å². The Morgan fingerprint density at radius 3 is 2.11 bits per heavy atom. The van der Waals surface area contributed by atoms with Crippen LogP contribution in [0, 0.1) is 6.92 Å². The number of rotatable bonds is 8. The zero-order chi connectivity index (χ0) is 12.8. The molecule has 2 aliphatic carbocycles. The summed E-state index contributed by atoms with van der Waals surface area (Å²) < 4.78 is 12.4. The van der Waals surface area contributed by atoms with Gasteiger partial charge in [0, 0.05) is 0 Å². The second-order valence-electron chi connectivity index (χ2n) is 5.89. The largest absolute Gasteiger partial charge is 0.372 e. The normalized spacial score (nSPS) is 25.0. The van der Waals surface area contributed by atoms with Gasteiger partial charge < -0.3 is 9.47 Å². The van der Waals surface area contributed by atoms with Crippen molar-refractivity contribution in [1.82, 2.24) is 0 Å². The van der Waals surface area contributed by atoms with E-state index in [9.17, 15) is 0 Å². The van der Waals surface area contributed by atoms with Gasteiger partial charge in [0.2, 0.25) is 0 Å². The van der Waals surface area contributed by atoms with Crippen LogP contribution in [0.2, 0.25) is 0 Å². The zero-order valence-electron chi connectivity index (χ0n) is 11.9. The minimum atomic E-state index is 0.216. The third-order valence-corrected chi connectivity index (χ3v) is 4.08. The molecule has 2 saturated carbocycles. The molecule has 2 nitrogen and oxygen atoms in total. The van der Waals surface area contributed by atoms with Crippen molar-refractivity contribution in [2.24, 2.45) is 0 Å². The molecule has 1 radical (unpaired) electrons. The SMILES string of the molecule is [CH2]CC(OC1CCCCC1)C(CCC)OC1CC1. The van der Waals surface area contributed by atoms with Crippen molar-refractivity contribution in [2.45, 2.75) is 95.5 Å². The third-order valence-electron chi connectivity index (χ3n) is 4.08. The van der Waals surface area contributed by atoms with E-state index in [0.29, 0.717) is 12.2 Å². The van der Waals surface area contributed by atoms with E-state index in [1.54, 1.807) is 0 Å². The number of hydrogen-bond acceptors (Lipinski definition) is 2. The highest BCUT2D eigenvalue weighted by molar-refractivity contribution is 4.81. The zero-order valence-corrected chi connectivity index (χ0v) is 11.9. The first kappa shape index (κ1) is 14.3. The molecule has 0 aliphatic heterocycles. The van der Waals surface area contributed by atoms with Crippen molar-refractivity contribution >= 4 is 0 Å². The second kappa shape index (κ2) is 7.49. The van der Waals surface area contributed by atoms with Gasteiger partial charge in [-0.1, -0.05) is 39.5 Å². The van der Waals surface area contributed by atoms with Crippen molar-refractivity contribution < 1.29 is 9.47 Å². The summed E-state index contributed by atoms with van der Waals surface area (Å²) >= 11 is 0. The topological polar surface area (TPSA) is 18.5 Å². The fraction of sp³-hybridized carbons (Fsp3) is 0.938. The van der Waals surface area contributed by atoms with Crippen molar-refractivity contribution in [3.8, 4) is 0 Å². The fourth-order valence-corrected chi connectivity index (χ4v) is 2.87. The van der Waals surface area contributed by atoms with Crippen molar-refractivity contribution in [3.05, 3.63) is 6.92 Å². The van der Waals surface area contributed by atoms with E-state index < -0.39 is 0 Å². The van der Waals surface area contributed by atoms with Gasteiger partial charge in [0.15, 0.2) is 0 Å². The van der Waals surface area contributed by atoms with Crippen molar-refractivity contribution in [2.75, 3.05) is 0 Å². The lowest BCUT2D eigenvalue weighted by Crippen LogP contribution is -2.36. The monoisotopic (exact) mass is 253 g/mol. The summed E-state index contributed by atoms with van der Waals surface area (Å²) in [5, 5.41) is 0. The maximum atomic E-state index is 6.30. The van der Waals surface area contributed by atoms with E-state index in [-0.39, 0.29) is 12.2 Å². The molecule has 0 bridgehead atoms. The van der Waals surface area contributed by atoms with Gasteiger partial charge in [-0.05, 0) is 38.5 Å². The average molecular weight is 253 g/mol. The molecule has 0 aromatic heterocycles. The predicted molar refractivity (Wildman–Crippen MR) is 74.5 cm³/mol. The number of ether oxygens (including phenoxy) is 2. The van der Waals surface area contributed by atoms with Crippen LogP contribution in [0.15, 0.2) is 0 Å². The molecule has 0 amide bonds. The summed E-state index contributed by atoms with van der Waals surface area (Å²) in [4.78, 5) is 0. The summed E-state index contributed by atoms with van der Waals surface area (Å²) in [6, 6.07) is 0. The molecule has 0 heterocycles. The van der Waals surface area contributed by atoms with Gasteiger partial charge in [-0.15, -0.1) is 0 Å². The molecular formula is C16H29O2. The lowest BCUT2D eigenvalue weighted by atomic mass is 9.97. The average Bonchev–Trinajstić information content (AvgIpc) is 3.21. The maximum absolute atomic E-state index is 6.30. The van der Waals surface area contributed by atoms with Crippen LogP contribution in [0.5, 0.6) is 0 Å². The number of hydrogen-bond donors (Lipinski definition) is 0. The highest BCUT2D eigenvalue weighted by Crippen LogP contribution is 2.30. The van der Waals surface area contributed by atoms with Gasteiger partial charge in [-0.2, -0.15) is 0 Å². The van der Waals surface area contributed by atoms with E-state index in [0.717, 1.165) is 12.8 Å². The van der Waals surface area contributed by atoms with E-state index in [1.165, 1.54) is 51.4 Å². The van der Waals surface area contributed by atoms with Gasteiger partial charge in [-0.3, -0.25) is 0 Å². The first-order valence-corrected chi connectivity index (χ1v) is 7.93. The molecule has 0 spiro atoms. The van der Waals surface area contributed by atoms with Gasteiger partial charge in [0.05, 0.1) is 24.4 Å². The lowest BCUT2D eigenvalue weighted by molar-refractivity contribution is -0.115. The molecule has 0 saturated heterocycles. The minimum absolute atomic E-state index is 0.216. The summed E-state index contributed by atoms with van der Waals surface area (Å²) in [7, 11) is 0. The van der Waals surface area contributed by atoms with Crippen LogP contribution in [-0.2, 0) is 9.47 Å². The Hall–Kier alpha value is -0.0800. The smallest absolute Gasteiger partial charge is 0.0840 e. The predicted octanol–water partition coefficient (Wildman–Crippen LogP) is 4.28. The Morgan fingerprint density at radius 2 is 1.56 bits per heavy atom. The van der Waals surface area contributed by atoms with Gasteiger partial charge in [0.1, 0.15) is 0 Å². The van der Waals surface area contributed by atoms with Gasteiger partial charge in [0.25, 0.3) is 0 Å². The molecule has 18 heavy (non-hydrogen) atoms. The van der Waals surface area contributed by atoms with E-state index >= 15 is 0 Å². The Labute approximate surface area is 112 Å². The molecular weight excluding hydrogens is 224 g/mol. The van der Waals surface area contributed by atoms with Crippen LogP contribution in [0.4, 0.5) is 0 Å². The Balaban J connectivity index is 1.82. The van der Waals surface area contributed by atoms with Crippen LogP contribution in [-0.4, -0.2) is 24.4 Å². The molecule has 2 unspecified atom stereocenters. The van der Waals surface area contributed by atoms with Gasteiger partial charge in [-0.25, -0.2) is 0 Å². The molecule has 2 fully saturated rings. The molecule has 0 aromatic rings. The first-order valence-electron chi connectivity index (χ1n) is 7.93. The standard InChI is InChI=1S/C16H29O2/c1-3-8-16(18-14-11-12-14)15(4-2)17-13-9-6-5-7-10-13/h13-16H,2-12H2,1H3. The van der Waals surface area contributed by atoms with E-state index in [1.807, 2.05) is 0 Å². The fourth-order valence-electron chi connectivity index (χ4n) is 2.87. The van der Waals surface area contributed by atoms with Crippen LogP contribution in [0.1, 0.15) is 71.1 Å². The first-order chi connectivity index (χ1) is 8.83. The van der Waals surface area contributed by atoms with E-state index in [2.05, 4.69) is 13.8 Å². The lowest BCUT2D eigenvalue weighted by Gasteiger charge is -2.32. The van der Waals surface area contributed by atoms with Crippen LogP contribution >= 0.6 is 0 Å².